The Bertz CT molecular complexity index is 642. The molecule has 2 rings (SSSR count). The van der Waals surface area contributed by atoms with Crippen LogP contribution in [0.2, 0.25) is 0 Å². The van der Waals surface area contributed by atoms with Gasteiger partial charge >= 0.3 is 21.2 Å². The fourth-order valence-corrected chi connectivity index (χ4v) is 5.55. The molecule has 0 amide bonds. The summed E-state index contributed by atoms with van der Waals surface area (Å²) in [4.78, 5) is 0. The largest absolute Gasteiger partial charge is 0.491 e. The molecule has 0 saturated carbocycles. The summed E-state index contributed by atoms with van der Waals surface area (Å²) in [5.74, 6) is 1.14. The van der Waals surface area contributed by atoms with Crippen LogP contribution in [0.3, 0.4) is 0 Å². The SMILES string of the molecule is CCCCCCCCCCC(C)C(O)COc1ccc([I+]c2ccccc2)cc1. The van der Waals surface area contributed by atoms with Gasteiger partial charge in [0.15, 0.2) is 7.14 Å². The van der Waals surface area contributed by atoms with Crippen molar-refractivity contribution in [2.75, 3.05) is 6.61 Å². The van der Waals surface area contributed by atoms with Gasteiger partial charge in [-0.1, -0.05) is 83.4 Å². The highest BCUT2D eigenvalue weighted by molar-refractivity contribution is 5.20. The quantitative estimate of drug-likeness (QED) is 0.293. The van der Waals surface area contributed by atoms with Crippen molar-refractivity contribution >= 4 is 0 Å². The highest BCUT2D eigenvalue weighted by Gasteiger charge is 2.16. The molecule has 3 heteroatoms. The van der Waals surface area contributed by atoms with E-state index in [9.17, 15) is 5.11 Å². The minimum absolute atomic E-state index is 0.138. The average molecular weight is 509 g/mol. The van der Waals surface area contributed by atoms with Crippen LogP contribution >= 0.6 is 0 Å². The number of unbranched alkanes of at least 4 members (excludes halogenated alkanes) is 7. The Morgan fingerprint density at radius 2 is 1.38 bits per heavy atom. The zero-order valence-corrected chi connectivity index (χ0v) is 20.3. The first-order chi connectivity index (χ1) is 14.2. The number of aliphatic hydroxyl groups is 1. The van der Waals surface area contributed by atoms with Crippen molar-refractivity contribution in [3.8, 4) is 5.75 Å². The standard InChI is InChI=1S/C26H38IO2/c1-3-4-5-6-7-8-9-11-14-22(2)26(28)21-29-25-19-17-24(18-20-25)27-23-15-12-10-13-16-23/h10,12-13,15-20,22,26,28H,3-9,11,14,21H2,1-2H3/q+1. The minimum atomic E-state index is -0.393. The van der Waals surface area contributed by atoms with Gasteiger partial charge in [0.05, 0.1) is 6.10 Å². The van der Waals surface area contributed by atoms with Crippen molar-refractivity contribution in [1.82, 2.24) is 0 Å². The second kappa shape index (κ2) is 14.8. The van der Waals surface area contributed by atoms with Crippen LogP contribution in [0.1, 0.15) is 71.6 Å². The lowest BCUT2D eigenvalue weighted by Crippen LogP contribution is -3.61. The summed E-state index contributed by atoms with van der Waals surface area (Å²) >= 11 is -0.138. The van der Waals surface area contributed by atoms with Crippen molar-refractivity contribution in [2.24, 2.45) is 5.92 Å². The van der Waals surface area contributed by atoms with Crippen LogP contribution in [-0.2, 0) is 0 Å². The number of hydrogen-bond donors (Lipinski definition) is 1. The molecule has 0 aromatic heterocycles. The summed E-state index contributed by atoms with van der Waals surface area (Å²) in [5, 5.41) is 10.4. The van der Waals surface area contributed by atoms with Crippen molar-refractivity contribution < 1.29 is 31.0 Å². The van der Waals surface area contributed by atoms with E-state index in [0.29, 0.717) is 12.5 Å². The van der Waals surface area contributed by atoms with E-state index in [2.05, 4.69) is 56.3 Å². The summed E-state index contributed by atoms with van der Waals surface area (Å²) < 4.78 is 8.64. The molecular formula is C26H38IO2+. The van der Waals surface area contributed by atoms with E-state index < -0.39 is 6.10 Å². The van der Waals surface area contributed by atoms with Crippen molar-refractivity contribution in [3.63, 3.8) is 0 Å². The van der Waals surface area contributed by atoms with Crippen molar-refractivity contribution in [3.05, 3.63) is 61.7 Å². The summed E-state index contributed by atoms with van der Waals surface area (Å²) in [5.41, 5.74) is 0. The Labute approximate surface area is 188 Å². The van der Waals surface area contributed by atoms with Crippen LogP contribution in [0, 0.1) is 13.1 Å². The monoisotopic (exact) mass is 509 g/mol. The van der Waals surface area contributed by atoms with E-state index in [1.807, 2.05) is 12.1 Å². The minimum Gasteiger partial charge on any atom is -0.491 e. The number of rotatable bonds is 15. The van der Waals surface area contributed by atoms with Crippen molar-refractivity contribution in [2.45, 2.75) is 77.7 Å². The topological polar surface area (TPSA) is 29.5 Å². The molecule has 2 nitrogen and oxygen atoms in total. The molecule has 160 valence electrons. The molecule has 0 radical (unpaired) electrons. The third kappa shape index (κ3) is 10.5. The lowest BCUT2D eigenvalue weighted by molar-refractivity contribution is -0.597. The Balaban J connectivity index is 1.59. The van der Waals surface area contributed by atoms with E-state index >= 15 is 0 Å². The Morgan fingerprint density at radius 3 is 2.03 bits per heavy atom. The van der Waals surface area contributed by atoms with Crippen LogP contribution in [0.4, 0.5) is 0 Å². The lowest BCUT2D eigenvalue weighted by Gasteiger charge is -2.19. The van der Waals surface area contributed by atoms with Crippen LogP contribution in [0.25, 0.3) is 0 Å². The molecule has 0 aliphatic rings. The van der Waals surface area contributed by atoms with Gasteiger partial charge in [-0.25, -0.2) is 0 Å². The van der Waals surface area contributed by atoms with Crippen LogP contribution in [0.15, 0.2) is 54.6 Å². The van der Waals surface area contributed by atoms with E-state index in [0.717, 1.165) is 12.2 Å². The zero-order valence-electron chi connectivity index (χ0n) is 18.2. The van der Waals surface area contributed by atoms with Gasteiger partial charge in [-0.2, -0.15) is 0 Å². The summed E-state index contributed by atoms with van der Waals surface area (Å²) in [7, 11) is 0. The number of ether oxygens (including phenoxy) is 1. The molecule has 2 unspecified atom stereocenters. The Morgan fingerprint density at radius 1 is 0.793 bits per heavy atom. The number of halogens is 1. The second-order valence-electron chi connectivity index (χ2n) is 7.96. The molecule has 2 aromatic rings. The number of aliphatic hydroxyl groups excluding tert-OH is 1. The molecule has 0 spiro atoms. The van der Waals surface area contributed by atoms with E-state index in [1.54, 1.807) is 0 Å². The van der Waals surface area contributed by atoms with Crippen molar-refractivity contribution in [1.29, 1.82) is 0 Å². The third-order valence-electron chi connectivity index (χ3n) is 5.36. The smallest absolute Gasteiger partial charge is 0.357 e. The van der Waals surface area contributed by atoms with Gasteiger partial charge in [0, 0.05) is 0 Å². The fraction of sp³-hybridized carbons (Fsp3) is 0.538. The Kier molecular flexibility index (Phi) is 12.4. The van der Waals surface area contributed by atoms with Gasteiger partial charge in [0.2, 0.25) is 0 Å². The van der Waals surface area contributed by atoms with E-state index in [1.165, 1.54) is 58.5 Å². The summed E-state index contributed by atoms with van der Waals surface area (Å²) in [6.45, 7) is 4.78. The molecule has 0 aliphatic heterocycles. The van der Waals surface area contributed by atoms with Crippen LogP contribution < -0.4 is 25.9 Å². The van der Waals surface area contributed by atoms with Gasteiger partial charge in [-0.05, 0) is 48.7 Å². The van der Waals surface area contributed by atoms with Gasteiger partial charge in [-0.15, -0.1) is 0 Å². The molecular weight excluding hydrogens is 471 g/mol. The maximum absolute atomic E-state index is 10.4. The van der Waals surface area contributed by atoms with Gasteiger partial charge in [0.25, 0.3) is 0 Å². The molecule has 0 heterocycles. The highest BCUT2D eigenvalue weighted by Crippen LogP contribution is 2.17. The molecule has 29 heavy (non-hydrogen) atoms. The number of benzene rings is 2. The maximum Gasteiger partial charge on any atom is 0.357 e. The first-order valence-corrected chi connectivity index (χ1v) is 13.5. The lowest BCUT2D eigenvalue weighted by atomic mass is 9.97. The van der Waals surface area contributed by atoms with Gasteiger partial charge in [0.1, 0.15) is 12.4 Å². The third-order valence-corrected chi connectivity index (χ3v) is 8.04. The molecule has 1 N–H and O–H groups in total. The Hall–Kier alpha value is -1.07. The first-order valence-electron chi connectivity index (χ1n) is 11.3. The van der Waals surface area contributed by atoms with Crippen LogP contribution in [0.5, 0.6) is 5.75 Å². The molecule has 0 saturated heterocycles. The van der Waals surface area contributed by atoms with Crippen LogP contribution in [-0.4, -0.2) is 17.8 Å². The average Bonchev–Trinajstić information content (AvgIpc) is 2.75. The fourth-order valence-electron chi connectivity index (χ4n) is 3.34. The van der Waals surface area contributed by atoms with Gasteiger partial charge < -0.3 is 9.84 Å². The summed E-state index contributed by atoms with van der Waals surface area (Å²) in [6, 6.07) is 19.0. The van der Waals surface area contributed by atoms with E-state index in [4.69, 9.17) is 4.74 Å². The highest BCUT2D eigenvalue weighted by atomic mass is 127. The summed E-state index contributed by atoms with van der Waals surface area (Å²) in [6.07, 6.45) is 11.3. The predicted molar refractivity (Wildman–Crippen MR) is 118 cm³/mol. The molecule has 0 aliphatic carbocycles. The predicted octanol–water partition coefficient (Wildman–Crippen LogP) is 3.72. The normalized spacial score (nSPS) is 13.2. The van der Waals surface area contributed by atoms with Gasteiger partial charge in [-0.3, -0.25) is 0 Å². The zero-order chi connectivity index (χ0) is 20.7. The second-order valence-corrected chi connectivity index (χ2v) is 11.0. The van der Waals surface area contributed by atoms with E-state index in [-0.39, 0.29) is 21.2 Å². The molecule has 0 fully saturated rings. The molecule has 0 bridgehead atoms. The number of hydrogen-bond acceptors (Lipinski definition) is 2. The maximum atomic E-state index is 10.4. The molecule has 2 aromatic carbocycles. The molecule has 2 atom stereocenters. The first kappa shape index (κ1) is 24.2.